The maximum atomic E-state index is 11.6. The first-order chi connectivity index (χ1) is 6.59. The van der Waals surface area contributed by atoms with Crippen molar-refractivity contribution in [2.75, 3.05) is 20.2 Å². The molecule has 0 saturated carbocycles. The van der Waals surface area contributed by atoms with Gasteiger partial charge in [-0.1, -0.05) is 6.42 Å². The minimum absolute atomic E-state index is 0.0915. The van der Waals surface area contributed by atoms with Gasteiger partial charge in [0.1, 0.15) is 0 Å². The molecule has 0 spiro atoms. The molecule has 1 rings (SSSR count). The van der Waals surface area contributed by atoms with Crippen LogP contribution >= 0.6 is 0 Å². The molecule has 14 heavy (non-hydrogen) atoms. The summed E-state index contributed by atoms with van der Waals surface area (Å²) in [4.78, 5) is 11.6. The molecule has 3 nitrogen and oxygen atoms in total. The highest BCUT2D eigenvalue weighted by molar-refractivity contribution is 5.76. The van der Waals surface area contributed by atoms with E-state index >= 15 is 0 Å². The third-order valence-corrected chi connectivity index (χ3v) is 3.28. The lowest BCUT2D eigenvalue weighted by Crippen LogP contribution is -2.38. The number of ether oxygens (including phenoxy) is 1. The van der Waals surface area contributed by atoms with Gasteiger partial charge < -0.3 is 10.1 Å². The van der Waals surface area contributed by atoms with Crippen LogP contribution in [0.2, 0.25) is 0 Å². The van der Waals surface area contributed by atoms with E-state index < -0.39 is 0 Å². The molecule has 1 saturated heterocycles. The van der Waals surface area contributed by atoms with Gasteiger partial charge in [-0.05, 0) is 45.7 Å². The van der Waals surface area contributed by atoms with Crippen LogP contribution in [-0.4, -0.2) is 26.2 Å². The van der Waals surface area contributed by atoms with Crippen molar-refractivity contribution in [1.82, 2.24) is 5.32 Å². The number of esters is 1. The van der Waals surface area contributed by atoms with E-state index in [0.29, 0.717) is 5.92 Å². The highest BCUT2D eigenvalue weighted by Gasteiger charge is 2.37. The summed E-state index contributed by atoms with van der Waals surface area (Å²) in [5.74, 6) is 0.309. The van der Waals surface area contributed by atoms with Crippen molar-refractivity contribution in [3.05, 3.63) is 0 Å². The van der Waals surface area contributed by atoms with Gasteiger partial charge in [-0.15, -0.1) is 0 Å². The van der Waals surface area contributed by atoms with Crippen LogP contribution in [0.3, 0.4) is 0 Å². The highest BCUT2D eigenvalue weighted by Crippen LogP contribution is 2.32. The molecule has 0 aromatic heterocycles. The van der Waals surface area contributed by atoms with Gasteiger partial charge in [0.05, 0.1) is 12.5 Å². The Morgan fingerprint density at radius 2 is 2.14 bits per heavy atom. The fourth-order valence-electron chi connectivity index (χ4n) is 2.06. The average molecular weight is 199 g/mol. The molecule has 1 unspecified atom stereocenters. The second kappa shape index (κ2) is 4.78. The van der Waals surface area contributed by atoms with Crippen molar-refractivity contribution in [3.8, 4) is 0 Å². The van der Waals surface area contributed by atoms with E-state index in [1.54, 1.807) is 0 Å². The molecule has 0 aromatic carbocycles. The fraction of sp³-hybridized carbons (Fsp3) is 0.909. The predicted molar refractivity (Wildman–Crippen MR) is 56.0 cm³/mol. The SMILES string of the molecule is COC(=O)C(C)(C)C1CCCCNC1. The van der Waals surface area contributed by atoms with E-state index in [-0.39, 0.29) is 11.4 Å². The third kappa shape index (κ3) is 2.47. The van der Waals surface area contributed by atoms with Crippen LogP contribution in [-0.2, 0) is 9.53 Å². The quantitative estimate of drug-likeness (QED) is 0.686. The second-order valence-corrected chi connectivity index (χ2v) is 4.61. The number of hydrogen-bond acceptors (Lipinski definition) is 3. The summed E-state index contributed by atoms with van der Waals surface area (Å²) in [6.45, 7) is 5.98. The van der Waals surface area contributed by atoms with E-state index in [9.17, 15) is 4.79 Å². The molecule has 1 aliphatic rings. The van der Waals surface area contributed by atoms with Crippen LogP contribution in [0, 0.1) is 11.3 Å². The van der Waals surface area contributed by atoms with Crippen molar-refractivity contribution in [2.45, 2.75) is 33.1 Å². The Kier molecular flexibility index (Phi) is 3.93. The van der Waals surface area contributed by atoms with E-state index in [2.05, 4.69) is 5.32 Å². The molecule has 1 fully saturated rings. The number of nitrogens with one attached hydrogen (secondary N) is 1. The zero-order valence-electron chi connectivity index (χ0n) is 9.43. The molecule has 1 N–H and O–H groups in total. The molecule has 0 radical (unpaired) electrons. The molecule has 0 aliphatic carbocycles. The first-order valence-electron chi connectivity index (χ1n) is 5.38. The molecular formula is C11H21NO2. The summed E-state index contributed by atoms with van der Waals surface area (Å²) < 4.78 is 4.84. The first-order valence-corrected chi connectivity index (χ1v) is 5.38. The monoisotopic (exact) mass is 199 g/mol. The van der Waals surface area contributed by atoms with Gasteiger partial charge in [0.2, 0.25) is 0 Å². The lowest BCUT2D eigenvalue weighted by atomic mass is 9.76. The molecule has 0 bridgehead atoms. The number of carbonyl (C=O) groups excluding carboxylic acids is 1. The van der Waals surface area contributed by atoms with Crippen molar-refractivity contribution in [2.24, 2.45) is 11.3 Å². The minimum Gasteiger partial charge on any atom is -0.469 e. The van der Waals surface area contributed by atoms with Crippen LogP contribution < -0.4 is 5.32 Å². The van der Waals surface area contributed by atoms with Gasteiger partial charge in [0, 0.05) is 0 Å². The van der Waals surface area contributed by atoms with Crippen molar-refractivity contribution in [1.29, 1.82) is 0 Å². The molecule has 3 heteroatoms. The Hall–Kier alpha value is -0.570. The number of methoxy groups -OCH3 is 1. The zero-order chi connectivity index (χ0) is 10.6. The lowest BCUT2D eigenvalue weighted by Gasteiger charge is -2.30. The van der Waals surface area contributed by atoms with Crippen LogP contribution in [0.4, 0.5) is 0 Å². The smallest absolute Gasteiger partial charge is 0.311 e. The van der Waals surface area contributed by atoms with Gasteiger partial charge in [0.15, 0.2) is 0 Å². The molecule has 1 heterocycles. The maximum Gasteiger partial charge on any atom is 0.311 e. The largest absolute Gasteiger partial charge is 0.469 e. The minimum atomic E-state index is -0.355. The number of hydrogen-bond donors (Lipinski definition) is 1. The topological polar surface area (TPSA) is 38.3 Å². The maximum absolute atomic E-state index is 11.6. The Labute approximate surface area is 86.2 Å². The first kappa shape index (κ1) is 11.5. The van der Waals surface area contributed by atoms with Gasteiger partial charge in [0.25, 0.3) is 0 Å². The molecular weight excluding hydrogens is 178 g/mol. The molecule has 1 atom stereocenters. The van der Waals surface area contributed by atoms with E-state index in [1.807, 2.05) is 13.8 Å². The summed E-state index contributed by atoms with van der Waals surface area (Å²) in [6.07, 6.45) is 3.54. The molecule has 0 aromatic rings. The lowest BCUT2D eigenvalue weighted by molar-refractivity contribution is -0.154. The normalized spacial score (nSPS) is 24.1. The van der Waals surface area contributed by atoms with Crippen molar-refractivity contribution in [3.63, 3.8) is 0 Å². The Bertz CT molecular complexity index is 193. The Balaban J connectivity index is 2.63. The van der Waals surface area contributed by atoms with Crippen molar-refractivity contribution >= 4 is 5.97 Å². The molecule has 1 aliphatic heterocycles. The fourth-order valence-corrected chi connectivity index (χ4v) is 2.06. The van der Waals surface area contributed by atoms with Crippen LogP contribution in [0.25, 0.3) is 0 Å². The molecule has 82 valence electrons. The Morgan fingerprint density at radius 1 is 1.43 bits per heavy atom. The molecule has 0 amide bonds. The number of carbonyl (C=O) groups is 1. The van der Waals surface area contributed by atoms with Crippen LogP contribution in [0.5, 0.6) is 0 Å². The second-order valence-electron chi connectivity index (χ2n) is 4.61. The summed E-state index contributed by atoms with van der Waals surface area (Å²) in [6, 6.07) is 0. The van der Waals surface area contributed by atoms with Crippen LogP contribution in [0.15, 0.2) is 0 Å². The van der Waals surface area contributed by atoms with Crippen molar-refractivity contribution < 1.29 is 9.53 Å². The zero-order valence-corrected chi connectivity index (χ0v) is 9.43. The summed E-state index contributed by atoms with van der Waals surface area (Å²) in [5, 5.41) is 3.37. The van der Waals surface area contributed by atoms with E-state index in [4.69, 9.17) is 4.74 Å². The van der Waals surface area contributed by atoms with Gasteiger partial charge >= 0.3 is 5.97 Å². The third-order valence-electron chi connectivity index (χ3n) is 3.28. The summed E-state index contributed by atoms with van der Waals surface area (Å²) in [5.41, 5.74) is -0.355. The van der Waals surface area contributed by atoms with Crippen LogP contribution in [0.1, 0.15) is 33.1 Å². The van der Waals surface area contributed by atoms with Gasteiger partial charge in [-0.2, -0.15) is 0 Å². The average Bonchev–Trinajstić information content (AvgIpc) is 2.44. The standard InChI is InChI=1S/C11H21NO2/c1-11(2,10(13)14-3)9-6-4-5-7-12-8-9/h9,12H,4-8H2,1-3H3. The summed E-state index contributed by atoms with van der Waals surface area (Å²) >= 11 is 0. The Morgan fingerprint density at radius 3 is 2.79 bits per heavy atom. The number of rotatable bonds is 2. The van der Waals surface area contributed by atoms with E-state index in [0.717, 1.165) is 19.5 Å². The highest BCUT2D eigenvalue weighted by atomic mass is 16.5. The van der Waals surface area contributed by atoms with Gasteiger partial charge in [-0.3, -0.25) is 4.79 Å². The van der Waals surface area contributed by atoms with E-state index in [1.165, 1.54) is 20.0 Å². The predicted octanol–water partition coefficient (Wildman–Crippen LogP) is 1.58. The summed E-state index contributed by atoms with van der Waals surface area (Å²) in [7, 11) is 1.47. The van der Waals surface area contributed by atoms with Gasteiger partial charge in [-0.25, -0.2) is 0 Å².